The highest BCUT2D eigenvalue weighted by Gasteiger charge is 2.33. The molecule has 29 heavy (non-hydrogen) atoms. The summed E-state index contributed by atoms with van der Waals surface area (Å²) >= 11 is 0. The Morgan fingerprint density at radius 3 is 1.97 bits per heavy atom. The highest BCUT2D eigenvalue weighted by atomic mass is 32.2. The summed E-state index contributed by atoms with van der Waals surface area (Å²) in [6.07, 6.45) is 3.40. The van der Waals surface area contributed by atoms with Crippen molar-refractivity contribution in [2.45, 2.75) is 38.2 Å². The monoisotopic (exact) mass is 403 g/mol. The van der Waals surface area contributed by atoms with Gasteiger partial charge in [-0.2, -0.15) is 0 Å². The maximum absolute atomic E-state index is 12.2. The van der Waals surface area contributed by atoms with Crippen molar-refractivity contribution in [2.24, 2.45) is 0 Å². The van der Waals surface area contributed by atoms with Gasteiger partial charge in [0.2, 0.25) is 0 Å². The third-order valence-corrected chi connectivity index (χ3v) is 8.09. The Labute approximate surface area is 172 Å². The van der Waals surface area contributed by atoms with Crippen molar-refractivity contribution in [1.82, 2.24) is 0 Å². The van der Waals surface area contributed by atoms with E-state index in [1.165, 1.54) is 25.1 Å². The number of benzene rings is 3. The highest BCUT2D eigenvalue weighted by Crippen LogP contribution is 2.48. The van der Waals surface area contributed by atoms with Gasteiger partial charge < -0.3 is 9.47 Å². The number of carbonyl (C=O) groups is 1. The molecule has 1 aliphatic carbocycles. The highest BCUT2D eigenvalue weighted by molar-refractivity contribution is 7.50. The number of rotatable bonds is 3. The van der Waals surface area contributed by atoms with Crippen LogP contribution in [0.1, 0.15) is 32.6 Å². The fourth-order valence-electron chi connectivity index (χ4n) is 4.29. The normalized spacial score (nSPS) is 15.6. The fraction of sp³-hybridized carbons (Fsp3) is 0.240. The topological polar surface area (TPSA) is 35.5 Å². The molecular formula is C25H23O3S+. The second-order valence-corrected chi connectivity index (χ2v) is 9.84. The maximum atomic E-state index is 12.2. The van der Waals surface area contributed by atoms with Gasteiger partial charge in [-0.25, -0.2) is 4.79 Å². The second kappa shape index (κ2) is 7.20. The lowest BCUT2D eigenvalue weighted by molar-refractivity contribution is 0.00206. The summed E-state index contributed by atoms with van der Waals surface area (Å²) in [5.74, 6) is 0.518. The molecule has 1 heterocycles. The Kier molecular flexibility index (Phi) is 4.51. The first-order valence-corrected chi connectivity index (χ1v) is 11.3. The molecule has 4 heteroatoms. The van der Waals surface area contributed by atoms with Crippen molar-refractivity contribution < 1.29 is 14.3 Å². The van der Waals surface area contributed by atoms with E-state index in [-0.39, 0.29) is 16.1 Å². The summed E-state index contributed by atoms with van der Waals surface area (Å²) in [6, 6.07) is 25.0. The molecular weight excluding hydrogens is 380 g/mol. The van der Waals surface area contributed by atoms with Crippen LogP contribution in [0, 0.1) is 0 Å². The van der Waals surface area contributed by atoms with Crippen LogP contribution in [0.15, 0.2) is 72.8 Å². The van der Waals surface area contributed by atoms with E-state index < -0.39 is 6.16 Å². The van der Waals surface area contributed by atoms with Gasteiger partial charge in [0.1, 0.15) is 11.4 Å². The lowest BCUT2D eigenvalue weighted by Gasteiger charge is -2.23. The summed E-state index contributed by atoms with van der Waals surface area (Å²) in [6.45, 7) is 1.99. The molecule has 0 radical (unpaired) electrons. The minimum atomic E-state index is -0.610. The zero-order chi connectivity index (χ0) is 19.8. The van der Waals surface area contributed by atoms with Gasteiger partial charge in [0.25, 0.3) is 0 Å². The molecule has 0 atom stereocenters. The first-order valence-electron chi connectivity index (χ1n) is 10.1. The maximum Gasteiger partial charge on any atom is 0.514 e. The fourth-order valence-corrected chi connectivity index (χ4v) is 6.67. The van der Waals surface area contributed by atoms with Gasteiger partial charge >= 0.3 is 6.16 Å². The summed E-state index contributed by atoms with van der Waals surface area (Å²) in [5.41, 5.74) is -0.379. The zero-order valence-electron chi connectivity index (χ0n) is 16.4. The molecule has 3 nitrogen and oxygen atoms in total. The summed E-state index contributed by atoms with van der Waals surface area (Å²) in [4.78, 5) is 13.4. The van der Waals surface area contributed by atoms with Crippen molar-refractivity contribution >= 4 is 36.8 Å². The molecule has 1 aliphatic rings. The van der Waals surface area contributed by atoms with Gasteiger partial charge in [0, 0.05) is 33.4 Å². The van der Waals surface area contributed by atoms with E-state index in [2.05, 4.69) is 60.7 Å². The van der Waals surface area contributed by atoms with Crippen molar-refractivity contribution in [3.05, 3.63) is 72.8 Å². The molecule has 0 aliphatic heterocycles. The van der Waals surface area contributed by atoms with Crippen molar-refractivity contribution in [1.29, 1.82) is 0 Å². The average Bonchev–Trinajstić information content (AvgIpc) is 3.30. The molecule has 0 unspecified atom stereocenters. The van der Waals surface area contributed by atoms with E-state index in [1.807, 2.05) is 19.1 Å². The smallest absolute Gasteiger partial charge is 0.428 e. The van der Waals surface area contributed by atoms with Crippen LogP contribution in [-0.4, -0.2) is 11.8 Å². The van der Waals surface area contributed by atoms with E-state index in [0.29, 0.717) is 5.75 Å². The van der Waals surface area contributed by atoms with Gasteiger partial charge in [-0.05, 0) is 69.0 Å². The predicted molar refractivity (Wildman–Crippen MR) is 119 cm³/mol. The molecule has 3 aromatic carbocycles. The summed E-state index contributed by atoms with van der Waals surface area (Å²) in [7, 11) is -0.144. The Bertz CT molecular complexity index is 1130. The zero-order valence-corrected chi connectivity index (χ0v) is 17.2. The molecule has 1 fully saturated rings. The van der Waals surface area contributed by atoms with E-state index in [0.717, 1.165) is 25.7 Å². The van der Waals surface area contributed by atoms with Crippen LogP contribution in [0.4, 0.5) is 4.79 Å². The van der Waals surface area contributed by atoms with Crippen molar-refractivity contribution in [3.8, 4) is 10.6 Å². The third-order valence-electron chi connectivity index (χ3n) is 5.76. The number of ether oxygens (including phenoxy) is 2. The van der Waals surface area contributed by atoms with Gasteiger partial charge in [-0.3, -0.25) is 0 Å². The van der Waals surface area contributed by atoms with Crippen LogP contribution < -0.4 is 4.74 Å². The molecule has 1 aromatic heterocycles. The summed E-state index contributed by atoms with van der Waals surface area (Å²) < 4.78 is 13.7. The SMILES string of the molecule is CC1(OC(=O)Oc2ccc(-[s+]3c4ccccc4c4ccccc43)cc2)CCCC1. The third kappa shape index (κ3) is 3.38. The lowest BCUT2D eigenvalue weighted by atomic mass is 10.1. The van der Waals surface area contributed by atoms with Crippen molar-refractivity contribution in [2.75, 3.05) is 0 Å². The van der Waals surface area contributed by atoms with Crippen LogP contribution in [0.25, 0.3) is 25.1 Å². The first-order chi connectivity index (χ1) is 14.1. The van der Waals surface area contributed by atoms with Crippen LogP contribution in [0.5, 0.6) is 5.75 Å². The average molecular weight is 404 g/mol. The van der Waals surface area contributed by atoms with Gasteiger partial charge in [0.05, 0.1) is 0 Å². The molecule has 146 valence electrons. The van der Waals surface area contributed by atoms with E-state index in [9.17, 15) is 4.79 Å². The minimum Gasteiger partial charge on any atom is -0.428 e. The van der Waals surface area contributed by atoms with Gasteiger partial charge in [-0.15, -0.1) is 0 Å². The molecule has 0 bridgehead atoms. The van der Waals surface area contributed by atoms with Gasteiger partial charge in [0.15, 0.2) is 14.3 Å². The molecule has 0 spiro atoms. The van der Waals surface area contributed by atoms with Crippen LogP contribution in [-0.2, 0) is 4.74 Å². The van der Waals surface area contributed by atoms with Gasteiger partial charge in [-0.1, -0.05) is 24.3 Å². The number of hydrogen-bond acceptors (Lipinski definition) is 3. The molecule has 0 N–H and O–H groups in total. The Morgan fingerprint density at radius 2 is 1.38 bits per heavy atom. The number of hydrogen-bond donors (Lipinski definition) is 0. The summed E-state index contributed by atoms with van der Waals surface area (Å²) in [5, 5.41) is 2.61. The molecule has 4 aromatic rings. The molecule has 1 saturated carbocycles. The first kappa shape index (κ1) is 18.2. The van der Waals surface area contributed by atoms with E-state index in [4.69, 9.17) is 9.47 Å². The molecule has 0 amide bonds. The largest absolute Gasteiger partial charge is 0.514 e. The van der Waals surface area contributed by atoms with Crippen LogP contribution >= 0.6 is 10.5 Å². The Hall–Kier alpha value is -2.85. The van der Waals surface area contributed by atoms with Crippen LogP contribution in [0.2, 0.25) is 0 Å². The Balaban J connectivity index is 1.44. The van der Waals surface area contributed by atoms with E-state index >= 15 is 0 Å². The standard InChI is InChI=1S/C25H23O3S/c1-25(16-6-7-17-25)28-24(26)27-18-12-14-19(15-13-18)29-22-10-4-2-8-20(22)21-9-3-5-11-23(21)29/h2-5,8-15H,6-7,16-17H2,1H3/q+1. The number of carbonyl (C=O) groups excluding carboxylic acids is 1. The quantitative estimate of drug-likeness (QED) is 0.201. The lowest BCUT2D eigenvalue weighted by Crippen LogP contribution is -2.29. The number of thiophene rings is 1. The molecule has 5 rings (SSSR count). The Morgan fingerprint density at radius 1 is 0.828 bits per heavy atom. The predicted octanol–water partition coefficient (Wildman–Crippen LogP) is 7.58. The van der Waals surface area contributed by atoms with E-state index in [1.54, 1.807) is 0 Å². The van der Waals surface area contributed by atoms with Crippen LogP contribution in [0.3, 0.4) is 0 Å². The second-order valence-electron chi connectivity index (χ2n) is 7.88. The number of fused-ring (bicyclic) bond motifs is 3. The molecule has 0 saturated heterocycles. The minimum absolute atomic E-state index is 0.144. The van der Waals surface area contributed by atoms with Crippen molar-refractivity contribution in [3.63, 3.8) is 0 Å².